The van der Waals surface area contributed by atoms with E-state index in [1.807, 2.05) is 0 Å². The lowest BCUT2D eigenvalue weighted by atomic mass is 10.0. The molecular formula is C10H12F3NOS. The molecule has 1 unspecified atom stereocenters. The van der Waals surface area contributed by atoms with Gasteiger partial charge in [0.1, 0.15) is 0 Å². The zero-order valence-electron chi connectivity index (χ0n) is 8.73. The van der Waals surface area contributed by atoms with E-state index in [0.29, 0.717) is 25.1 Å². The Kier molecular flexibility index (Phi) is 3.23. The fourth-order valence-electron chi connectivity index (χ4n) is 1.90. The highest BCUT2D eigenvalue weighted by atomic mass is 32.1. The first-order chi connectivity index (χ1) is 7.54. The summed E-state index contributed by atoms with van der Waals surface area (Å²) < 4.78 is 43.6. The summed E-state index contributed by atoms with van der Waals surface area (Å²) in [5.74, 6) is 0. The van der Waals surface area contributed by atoms with Gasteiger partial charge in [-0.3, -0.25) is 0 Å². The maximum atomic E-state index is 12.8. The van der Waals surface area contributed by atoms with Gasteiger partial charge in [0.25, 0.3) is 0 Å². The van der Waals surface area contributed by atoms with Crippen LogP contribution in [-0.2, 0) is 17.3 Å². The zero-order valence-corrected chi connectivity index (χ0v) is 9.54. The topological polar surface area (TPSA) is 21.3 Å². The van der Waals surface area contributed by atoms with Gasteiger partial charge < -0.3 is 10.1 Å². The predicted molar refractivity (Wildman–Crippen MR) is 55.6 cm³/mol. The number of ether oxygens (including phenoxy) is 1. The number of rotatable bonds is 2. The Morgan fingerprint density at radius 2 is 2.31 bits per heavy atom. The molecule has 1 aromatic heterocycles. The molecule has 2 nitrogen and oxygen atoms in total. The lowest BCUT2D eigenvalue weighted by molar-refractivity contribution is -0.139. The fourth-order valence-corrected chi connectivity index (χ4v) is 2.99. The molecule has 0 fully saturated rings. The van der Waals surface area contributed by atoms with Gasteiger partial charge in [-0.2, -0.15) is 13.2 Å². The van der Waals surface area contributed by atoms with E-state index in [1.165, 1.54) is 16.7 Å². The standard InChI is InChI=1S/C10H12F3NOS/c1-14-4-7-9-6(10(11,12)13)5-16-8(9)2-3-15-7/h5,7,14H,2-4H2,1H3. The van der Waals surface area contributed by atoms with Crippen LogP contribution >= 0.6 is 11.3 Å². The van der Waals surface area contributed by atoms with Crippen molar-refractivity contribution >= 4 is 11.3 Å². The molecule has 0 radical (unpaired) electrons. The van der Waals surface area contributed by atoms with Gasteiger partial charge in [0.15, 0.2) is 0 Å². The monoisotopic (exact) mass is 251 g/mol. The molecule has 0 amide bonds. The number of nitrogens with one attached hydrogen (secondary N) is 1. The maximum absolute atomic E-state index is 12.8. The highest BCUT2D eigenvalue weighted by Crippen LogP contribution is 2.42. The number of halogens is 3. The average molecular weight is 251 g/mol. The van der Waals surface area contributed by atoms with Gasteiger partial charge >= 0.3 is 6.18 Å². The quantitative estimate of drug-likeness (QED) is 0.872. The number of hydrogen-bond donors (Lipinski definition) is 1. The van der Waals surface area contributed by atoms with Crippen LogP contribution in [0.4, 0.5) is 13.2 Å². The first-order valence-corrected chi connectivity index (χ1v) is 5.85. The molecule has 0 aromatic carbocycles. The van der Waals surface area contributed by atoms with Crippen molar-refractivity contribution in [2.45, 2.75) is 18.7 Å². The van der Waals surface area contributed by atoms with Gasteiger partial charge in [-0.1, -0.05) is 0 Å². The Morgan fingerprint density at radius 3 is 2.94 bits per heavy atom. The minimum Gasteiger partial charge on any atom is -0.372 e. The molecular weight excluding hydrogens is 239 g/mol. The highest BCUT2D eigenvalue weighted by Gasteiger charge is 2.39. The van der Waals surface area contributed by atoms with E-state index in [1.54, 1.807) is 7.05 Å². The van der Waals surface area contributed by atoms with E-state index in [-0.39, 0.29) is 0 Å². The van der Waals surface area contributed by atoms with Crippen molar-refractivity contribution in [3.8, 4) is 0 Å². The summed E-state index contributed by atoms with van der Waals surface area (Å²) in [6.07, 6.45) is -4.18. The van der Waals surface area contributed by atoms with Crippen molar-refractivity contribution in [3.63, 3.8) is 0 Å². The summed E-state index contributed by atoms with van der Waals surface area (Å²) in [5.41, 5.74) is -0.203. The third-order valence-corrected chi connectivity index (χ3v) is 3.64. The lowest BCUT2D eigenvalue weighted by Crippen LogP contribution is -2.26. The van der Waals surface area contributed by atoms with Crippen LogP contribution in [0.3, 0.4) is 0 Å². The van der Waals surface area contributed by atoms with E-state index in [2.05, 4.69) is 5.32 Å². The summed E-state index contributed by atoms with van der Waals surface area (Å²) in [5, 5.41) is 4.06. The van der Waals surface area contributed by atoms with Crippen LogP contribution in [0.5, 0.6) is 0 Å². The van der Waals surface area contributed by atoms with Gasteiger partial charge in [-0.15, -0.1) is 11.3 Å². The Hall–Kier alpha value is -0.590. The number of hydrogen-bond acceptors (Lipinski definition) is 3. The van der Waals surface area contributed by atoms with Crippen LogP contribution in [0.2, 0.25) is 0 Å². The number of alkyl halides is 3. The highest BCUT2D eigenvalue weighted by molar-refractivity contribution is 7.10. The van der Waals surface area contributed by atoms with Crippen LogP contribution < -0.4 is 5.32 Å². The molecule has 6 heteroatoms. The van der Waals surface area contributed by atoms with E-state index in [0.717, 1.165) is 4.88 Å². The molecule has 2 rings (SSSR count). The lowest BCUT2D eigenvalue weighted by Gasteiger charge is -2.25. The molecule has 2 heterocycles. The Labute approximate surface area is 95.4 Å². The minimum absolute atomic E-state index is 0.332. The van der Waals surface area contributed by atoms with Gasteiger partial charge in [0.2, 0.25) is 0 Å². The Balaban J connectivity index is 2.40. The number of thiophene rings is 1. The summed E-state index contributed by atoms with van der Waals surface area (Å²) in [6, 6.07) is 0. The first kappa shape index (κ1) is 11.9. The Bertz CT molecular complexity index is 375. The van der Waals surface area contributed by atoms with Crippen LogP contribution in [-0.4, -0.2) is 20.2 Å². The average Bonchev–Trinajstić information content (AvgIpc) is 2.62. The first-order valence-electron chi connectivity index (χ1n) is 4.97. The van der Waals surface area contributed by atoms with Crippen LogP contribution in [0.1, 0.15) is 22.1 Å². The predicted octanol–water partition coefficient (Wildman–Crippen LogP) is 2.60. The SMILES string of the molecule is CNCC1OCCc2scc(C(F)(F)F)c21. The van der Waals surface area contributed by atoms with Crippen molar-refractivity contribution in [3.05, 3.63) is 21.4 Å². The summed E-state index contributed by atoms with van der Waals surface area (Å²) in [7, 11) is 1.71. The van der Waals surface area contributed by atoms with Gasteiger partial charge in [0.05, 0.1) is 18.3 Å². The van der Waals surface area contributed by atoms with Crippen LogP contribution in [0.15, 0.2) is 5.38 Å². The second-order valence-corrected chi connectivity index (χ2v) is 4.62. The summed E-state index contributed by atoms with van der Waals surface area (Å²) >= 11 is 1.18. The zero-order chi connectivity index (χ0) is 11.8. The summed E-state index contributed by atoms with van der Waals surface area (Å²) in [4.78, 5) is 0.804. The van der Waals surface area contributed by atoms with E-state index in [9.17, 15) is 13.2 Å². The third-order valence-electron chi connectivity index (χ3n) is 2.57. The molecule has 0 aliphatic carbocycles. The number of fused-ring (bicyclic) bond motifs is 1. The van der Waals surface area contributed by atoms with Crippen molar-refractivity contribution in [2.75, 3.05) is 20.2 Å². The fraction of sp³-hybridized carbons (Fsp3) is 0.600. The van der Waals surface area contributed by atoms with E-state index >= 15 is 0 Å². The Morgan fingerprint density at radius 1 is 1.56 bits per heavy atom. The molecule has 1 aliphatic heterocycles. The normalized spacial score (nSPS) is 20.9. The molecule has 1 aliphatic rings. The van der Waals surface area contributed by atoms with Gasteiger partial charge in [-0.25, -0.2) is 0 Å². The number of likely N-dealkylation sites (N-methyl/N-ethyl adjacent to an activating group) is 1. The molecule has 0 spiro atoms. The van der Waals surface area contributed by atoms with Crippen molar-refractivity contribution < 1.29 is 17.9 Å². The van der Waals surface area contributed by atoms with Crippen LogP contribution in [0, 0.1) is 0 Å². The smallest absolute Gasteiger partial charge is 0.372 e. The third kappa shape index (κ3) is 2.09. The molecule has 1 atom stereocenters. The van der Waals surface area contributed by atoms with Crippen LogP contribution in [0.25, 0.3) is 0 Å². The summed E-state index contributed by atoms with van der Waals surface area (Å²) in [6.45, 7) is 0.907. The largest absolute Gasteiger partial charge is 0.417 e. The molecule has 1 aromatic rings. The van der Waals surface area contributed by atoms with Crippen molar-refractivity contribution in [1.29, 1.82) is 0 Å². The molecule has 0 bridgehead atoms. The van der Waals surface area contributed by atoms with Crippen molar-refractivity contribution in [1.82, 2.24) is 5.32 Å². The van der Waals surface area contributed by atoms with E-state index < -0.39 is 17.8 Å². The second-order valence-electron chi connectivity index (χ2n) is 3.65. The minimum atomic E-state index is -4.28. The van der Waals surface area contributed by atoms with Crippen molar-refractivity contribution in [2.24, 2.45) is 0 Å². The van der Waals surface area contributed by atoms with Gasteiger partial charge in [0, 0.05) is 28.8 Å². The maximum Gasteiger partial charge on any atom is 0.417 e. The van der Waals surface area contributed by atoms with Gasteiger partial charge in [-0.05, 0) is 7.05 Å². The molecule has 0 saturated carbocycles. The molecule has 0 saturated heterocycles. The second kappa shape index (κ2) is 4.35. The molecule has 16 heavy (non-hydrogen) atoms. The molecule has 90 valence electrons. The van der Waals surface area contributed by atoms with E-state index in [4.69, 9.17) is 4.74 Å². The molecule has 1 N–H and O–H groups in total.